The highest BCUT2D eigenvalue weighted by molar-refractivity contribution is 8.00. The predicted molar refractivity (Wildman–Crippen MR) is 79.2 cm³/mol. The third-order valence-electron chi connectivity index (χ3n) is 3.87. The van der Waals surface area contributed by atoms with Crippen LogP contribution in [0.3, 0.4) is 0 Å². The number of fused-ring (bicyclic) bond motifs is 1. The third kappa shape index (κ3) is 2.73. The van der Waals surface area contributed by atoms with Gasteiger partial charge in [0.1, 0.15) is 5.82 Å². The third-order valence-corrected chi connectivity index (χ3v) is 5.27. The second-order valence-corrected chi connectivity index (χ2v) is 6.78. The summed E-state index contributed by atoms with van der Waals surface area (Å²) >= 11 is 1.88. The number of nitrogens with one attached hydrogen (secondary N) is 1. The Morgan fingerprint density at radius 3 is 2.68 bits per heavy atom. The topological polar surface area (TPSA) is 55.1 Å². The quantitative estimate of drug-likeness (QED) is 0.937. The van der Waals surface area contributed by atoms with Gasteiger partial charge in [-0.3, -0.25) is 0 Å². The molecule has 3 heterocycles. The molecule has 5 nitrogen and oxygen atoms in total. The molecule has 0 spiro atoms. The molecule has 2 aromatic rings. The summed E-state index contributed by atoms with van der Waals surface area (Å²) in [7, 11) is 0. The van der Waals surface area contributed by atoms with Gasteiger partial charge in [-0.15, -0.1) is 15.3 Å². The highest BCUT2D eigenvalue weighted by atomic mass is 32.2. The van der Waals surface area contributed by atoms with Crippen LogP contribution in [0.1, 0.15) is 29.8 Å². The highest BCUT2D eigenvalue weighted by Gasteiger charge is 2.38. The normalized spacial score (nSPS) is 19.0. The maximum atomic E-state index is 13.0. The summed E-state index contributed by atoms with van der Waals surface area (Å²) in [5.74, 6) is 0.507. The molecule has 1 atom stereocenters. The van der Waals surface area contributed by atoms with Crippen molar-refractivity contribution in [2.24, 2.45) is 0 Å². The Bertz CT molecular complexity index is 691. The number of alkyl halides is 3. The fourth-order valence-electron chi connectivity index (χ4n) is 2.49. The van der Waals surface area contributed by atoms with Crippen molar-refractivity contribution >= 4 is 23.2 Å². The van der Waals surface area contributed by atoms with E-state index < -0.39 is 12.0 Å². The molecule has 1 fully saturated rings. The average molecular weight is 331 g/mol. The standard InChI is InChI=1S/C13H16F3N5S/c1-7-8(2)11-18-19-12(13(14,15)16)21(11)20-10(7)17-6-9-4-3-5-22-9/h9H,3-6H2,1-2H3,(H,17,20)/t9-/m0/s1. The first-order valence-electron chi connectivity index (χ1n) is 7.03. The minimum Gasteiger partial charge on any atom is -0.367 e. The first kappa shape index (κ1) is 15.4. The Morgan fingerprint density at radius 1 is 1.27 bits per heavy atom. The fourth-order valence-corrected chi connectivity index (χ4v) is 3.69. The Hall–Kier alpha value is -1.51. The summed E-state index contributed by atoms with van der Waals surface area (Å²) in [5, 5.41) is 14.6. The number of anilines is 1. The van der Waals surface area contributed by atoms with Gasteiger partial charge in [0.05, 0.1) is 0 Å². The van der Waals surface area contributed by atoms with E-state index in [4.69, 9.17) is 0 Å². The van der Waals surface area contributed by atoms with Crippen LogP contribution in [0.25, 0.3) is 5.65 Å². The number of thioether (sulfide) groups is 1. The number of nitrogens with zero attached hydrogens (tertiary/aromatic N) is 4. The van der Waals surface area contributed by atoms with E-state index in [2.05, 4.69) is 20.6 Å². The lowest BCUT2D eigenvalue weighted by molar-refractivity contribution is -0.146. The molecule has 3 rings (SSSR count). The molecule has 0 amide bonds. The SMILES string of the molecule is Cc1c(NC[C@@H]2CCCS2)nn2c(C(F)(F)F)nnc2c1C. The van der Waals surface area contributed by atoms with Crippen LogP contribution in [0.15, 0.2) is 0 Å². The molecule has 1 aliphatic rings. The summed E-state index contributed by atoms with van der Waals surface area (Å²) < 4.78 is 39.7. The molecule has 0 bridgehead atoms. The van der Waals surface area contributed by atoms with Gasteiger partial charge in [-0.25, -0.2) is 0 Å². The van der Waals surface area contributed by atoms with E-state index in [1.165, 1.54) is 6.42 Å². The van der Waals surface area contributed by atoms with E-state index >= 15 is 0 Å². The fraction of sp³-hybridized carbons (Fsp3) is 0.615. The van der Waals surface area contributed by atoms with Gasteiger partial charge in [0.15, 0.2) is 5.65 Å². The minimum absolute atomic E-state index is 0.144. The molecule has 0 unspecified atom stereocenters. The van der Waals surface area contributed by atoms with E-state index in [1.807, 2.05) is 18.7 Å². The van der Waals surface area contributed by atoms with Gasteiger partial charge in [-0.05, 0) is 38.0 Å². The Labute approximate surface area is 129 Å². The smallest absolute Gasteiger partial charge is 0.367 e. The molecular formula is C13H16F3N5S. The highest BCUT2D eigenvalue weighted by Crippen LogP contribution is 2.30. The zero-order valence-electron chi connectivity index (χ0n) is 12.2. The Balaban J connectivity index is 1.97. The van der Waals surface area contributed by atoms with Gasteiger partial charge in [0, 0.05) is 17.4 Å². The lowest BCUT2D eigenvalue weighted by Crippen LogP contribution is -2.18. The molecule has 1 aliphatic heterocycles. The summed E-state index contributed by atoms with van der Waals surface area (Å²) in [6.45, 7) is 4.26. The van der Waals surface area contributed by atoms with Crippen molar-refractivity contribution in [1.82, 2.24) is 19.8 Å². The molecular weight excluding hydrogens is 315 g/mol. The minimum atomic E-state index is -4.58. The second kappa shape index (κ2) is 5.60. The maximum absolute atomic E-state index is 13.0. The molecule has 1 saturated heterocycles. The monoisotopic (exact) mass is 331 g/mol. The summed E-state index contributed by atoms with van der Waals surface area (Å²) in [4.78, 5) is 0. The summed E-state index contributed by atoms with van der Waals surface area (Å²) in [6.07, 6.45) is -2.27. The number of hydrogen-bond donors (Lipinski definition) is 1. The van der Waals surface area contributed by atoms with Crippen molar-refractivity contribution in [2.75, 3.05) is 17.6 Å². The first-order chi connectivity index (χ1) is 10.4. The van der Waals surface area contributed by atoms with Crippen molar-refractivity contribution in [3.05, 3.63) is 17.0 Å². The van der Waals surface area contributed by atoms with Crippen molar-refractivity contribution in [3.63, 3.8) is 0 Å². The molecule has 9 heteroatoms. The van der Waals surface area contributed by atoms with Gasteiger partial charge in [-0.2, -0.15) is 29.4 Å². The molecule has 120 valence electrons. The molecule has 22 heavy (non-hydrogen) atoms. The zero-order chi connectivity index (χ0) is 15.9. The van der Waals surface area contributed by atoms with Gasteiger partial charge < -0.3 is 5.32 Å². The van der Waals surface area contributed by atoms with Crippen LogP contribution in [-0.2, 0) is 6.18 Å². The summed E-state index contributed by atoms with van der Waals surface area (Å²) in [6, 6.07) is 0. The summed E-state index contributed by atoms with van der Waals surface area (Å²) in [5.41, 5.74) is 1.60. The lowest BCUT2D eigenvalue weighted by atomic mass is 10.2. The van der Waals surface area contributed by atoms with Crippen LogP contribution in [-0.4, -0.2) is 37.4 Å². The van der Waals surface area contributed by atoms with Crippen LogP contribution >= 0.6 is 11.8 Å². The van der Waals surface area contributed by atoms with Gasteiger partial charge >= 0.3 is 6.18 Å². The number of hydrogen-bond acceptors (Lipinski definition) is 5. The second-order valence-electron chi connectivity index (χ2n) is 5.37. The Morgan fingerprint density at radius 2 is 2.05 bits per heavy atom. The molecule has 0 aromatic carbocycles. The van der Waals surface area contributed by atoms with Crippen molar-refractivity contribution in [1.29, 1.82) is 0 Å². The van der Waals surface area contributed by atoms with Crippen LogP contribution in [0.2, 0.25) is 0 Å². The largest absolute Gasteiger partial charge is 0.453 e. The van der Waals surface area contributed by atoms with Gasteiger partial charge in [0.2, 0.25) is 0 Å². The lowest BCUT2D eigenvalue weighted by Gasteiger charge is -2.14. The number of rotatable bonds is 3. The van der Waals surface area contributed by atoms with Gasteiger partial charge in [-0.1, -0.05) is 0 Å². The number of aryl methyl sites for hydroxylation is 1. The van der Waals surface area contributed by atoms with Crippen molar-refractivity contribution in [3.8, 4) is 0 Å². The Kier molecular flexibility index (Phi) is 3.92. The zero-order valence-corrected chi connectivity index (χ0v) is 13.1. The van der Waals surface area contributed by atoms with E-state index in [0.29, 0.717) is 23.2 Å². The van der Waals surface area contributed by atoms with E-state index in [0.717, 1.165) is 22.3 Å². The van der Waals surface area contributed by atoms with Crippen LogP contribution in [0, 0.1) is 13.8 Å². The molecule has 0 saturated carbocycles. The number of halogens is 3. The van der Waals surface area contributed by atoms with Crippen LogP contribution in [0.4, 0.5) is 19.0 Å². The van der Waals surface area contributed by atoms with Gasteiger partial charge in [0.25, 0.3) is 5.82 Å². The molecule has 0 radical (unpaired) electrons. The van der Waals surface area contributed by atoms with E-state index in [-0.39, 0.29) is 5.65 Å². The van der Waals surface area contributed by atoms with Crippen molar-refractivity contribution < 1.29 is 13.2 Å². The van der Waals surface area contributed by atoms with E-state index in [9.17, 15) is 13.2 Å². The predicted octanol–water partition coefficient (Wildman–Crippen LogP) is 3.07. The molecule has 2 aromatic heterocycles. The van der Waals surface area contributed by atoms with Crippen LogP contribution < -0.4 is 5.32 Å². The molecule has 0 aliphatic carbocycles. The van der Waals surface area contributed by atoms with Crippen molar-refractivity contribution in [2.45, 2.75) is 38.1 Å². The first-order valence-corrected chi connectivity index (χ1v) is 8.08. The van der Waals surface area contributed by atoms with Crippen LogP contribution in [0.5, 0.6) is 0 Å². The molecule has 1 N–H and O–H groups in total. The van der Waals surface area contributed by atoms with E-state index in [1.54, 1.807) is 6.92 Å². The maximum Gasteiger partial charge on any atom is 0.453 e. The number of aromatic nitrogens is 4. The average Bonchev–Trinajstić information content (AvgIpc) is 3.09.